The van der Waals surface area contributed by atoms with Crippen LogP contribution in [0.3, 0.4) is 0 Å². The molecule has 92 valence electrons. The van der Waals surface area contributed by atoms with Crippen LogP contribution in [0, 0.1) is 5.41 Å². The van der Waals surface area contributed by atoms with Crippen LogP contribution in [-0.2, 0) is 0 Å². The second-order valence-corrected chi connectivity index (χ2v) is 6.30. The van der Waals surface area contributed by atoms with Gasteiger partial charge in [-0.1, -0.05) is 32.1 Å². The molecule has 1 heterocycles. The minimum atomic E-state index is 0.259. The van der Waals surface area contributed by atoms with E-state index in [1.165, 1.54) is 0 Å². The van der Waals surface area contributed by atoms with Gasteiger partial charge in [0.2, 0.25) is 0 Å². The third-order valence-corrected chi connectivity index (χ3v) is 3.34. The van der Waals surface area contributed by atoms with E-state index in [2.05, 4.69) is 31.1 Å². The molecule has 0 fully saturated rings. The number of aromatic nitrogens is 1. The Morgan fingerprint density at radius 1 is 1.35 bits per heavy atom. The number of hydrogen-bond donors (Lipinski definition) is 1. The first-order chi connectivity index (χ1) is 7.98. The lowest BCUT2D eigenvalue weighted by Gasteiger charge is -2.17. The molecule has 0 aliphatic carbocycles. The van der Waals surface area contributed by atoms with Crippen molar-refractivity contribution in [2.45, 2.75) is 20.8 Å². The van der Waals surface area contributed by atoms with Gasteiger partial charge in [-0.25, -0.2) is 4.98 Å². The molecule has 0 atom stereocenters. The minimum Gasteiger partial charge on any atom is -0.497 e. The van der Waals surface area contributed by atoms with Gasteiger partial charge in [0.15, 0.2) is 5.13 Å². The van der Waals surface area contributed by atoms with Gasteiger partial charge in [0.25, 0.3) is 0 Å². The first kappa shape index (κ1) is 12.2. The van der Waals surface area contributed by atoms with E-state index in [9.17, 15) is 0 Å². The van der Waals surface area contributed by atoms with Crippen molar-refractivity contribution in [1.82, 2.24) is 4.98 Å². The van der Waals surface area contributed by atoms with Crippen LogP contribution in [0.4, 0.5) is 5.13 Å². The van der Waals surface area contributed by atoms with Gasteiger partial charge < -0.3 is 10.1 Å². The Balaban J connectivity index is 2.20. The number of rotatable bonds is 3. The largest absolute Gasteiger partial charge is 0.497 e. The number of hydrogen-bond acceptors (Lipinski definition) is 4. The number of anilines is 1. The van der Waals surface area contributed by atoms with Crippen molar-refractivity contribution in [1.29, 1.82) is 0 Å². The number of nitrogens with zero attached hydrogens (tertiary/aromatic N) is 1. The van der Waals surface area contributed by atoms with Gasteiger partial charge in [-0.05, 0) is 23.6 Å². The summed E-state index contributed by atoms with van der Waals surface area (Å²) in [5.74, 6) is 0.878. The molecule has 0 aliphatic rings. The lowest BCUT2D eigenvalue weighted by atomic mass is 9.97. The number of ether oxygens (including phenoxy) is 1. The molecule has 4 heteroatoms. The molecule has 0 unspecified atom stereocenters. The maximum atomic E-state index is 5.20. The van der Waals surface area contributed by atoms with E-state index < -0.39 is 0 Å². The van der Waals surface area contributed by atoms with Gasteiger partial charge in [-0.3, -0.25) is 0 Å². The Hall–Kier alpha value is -1.29. The third-order valence-electron chi connectivity index (χ3n) is 2.37. The molecule has 0 spiro atoms. The highest BCUT2D eigenvalue weighted by Crippen LogP contribution is 2.29. The van der Waals surface area contributed by atoms with Crippen molar-refractivity contribution in [2.75, 3.05) is 19.0 Å². The fourth-order valence-corrected chi connectivity index (χ4v) is 2.34. The molecule has 0 saturated heterocycles. The fourth-order valence-electron chi connectivity index (χ4n) is 1.45. The van der Waals surface area contributed by atoms with Crippen LogP contribution < -0.4 is 10.1 Å². The maximum Gasteiger partial charge on any atom is 0.183 e. The SMILES string of the molecule is COc1ccc2nc(NCC(C)(C)C)sc2c1. The lowest BCUT2D eigenvalue weighted by Crippen LogP contribution is -2.18. The summed E-state index contributed by atoms with van der Waals surface area (Å²) in [6.45, 7) is 7.53. The van der Waals surface area contributed by atoms with Gasteiger partial charge in [0, 0.05) is 6.54 Å². The zero-order valence-corrected chi connectivity index (χ0v) is 11.5. The molecule has 0 bridgehead atoms. The van der Waals surface area contributed by atoms with Crippen LogP contribution in [0.25, 0.3) is 10.2 Å². The molecule has 0 aliphatic heterocycles. The standard InChI is InChI=1S/C13H18N2OS/c1-13(2,3)8-14-12-15-10-6-5-9(16-4)7-11(10)17-12/h5-7H,8H2,1-4H3,(H,14,15). The van der Waals surface area contributed by atoms with E-state index in [0.717, 1.165) is 27.6 Å². The number of methoxy groups -OCH3 is 1. The molecule has 2 rings (SSSR count). The molecule has 3 nitrogen and oxygen atoms in total. The summed E-state index contributed by atoms with van der Waals surface area (Å²) in [6, 6.07) is 5.96. The summed E-state index contributed by atoms with van der Waals surface area (Å²) in [5.41, 5.74) is 1.28. The molecule has 17 heavy (non-hydrogen) atoms. The number of nitrogens with one attached hydrogen (secondary N) is 1. The summed E-state index contributed by atoms with van der Waals surface area (Å²) < 4.78 is 6.36. The molecule has 0 amide bonds. The zero-order valence-electron chi connectivity index (χ0n) is 10.7. The Kier molecular flexibility index (Phi) is 3.24. The first-order valence-electron chi connectivity index (χ1n) is 5.66. The summed E-state index contributed by atoms with van der Waals surface area (Å²) in [4.78, 5) is 4.54. The molecule has 0 radical (unpaired) electrons. The predicted octanol–water partition coefficient (Wildman–Crippen LogP) is 3.76. The van der Waals surface area contributed by atoms with Crippen molar-refractivity contribution >= 4 is 26.7 Å². The van der Waals surface area contributed by atoms with Crippen molar-refractivity contribution in [3.8, 4) is 5.75 Å². The third kappa shape index (κ3) is 3.09. The molecular formula is C13H18N2OS. The van der Waals surface area contributed by atoms with Gasteiger partial charge in [0.1, 0.15) is 5.75 Å². The highest BCUT2D eigenvalue weighted by molar-refractivity contribution is 7.22. The van der Waals surface area contributed by atoms with Crippen LogP contribution >= 0.6 is 11.3 Å². The molecule has 1 aromatic carbocycles. The van der Waals surface area contributed by atoms with Crippen molar-refractivity contribution < 1.29 is 4.74 Å². The average Bonchev–Trinajstić information content (AvgIpc) is 2.66. The number of benzene rings is 1. The average molecular weight is 250 g/mol. The van der Waals surface area contributed by atoms with Gasteiger partial charge >= 0.3 is 0 Å². The van der Waals surface area contributed by atoms with Crippen LogP contribution in [0.5, 0.6) is 5.75 Å². The number of fused-ring (bicyclic) bond motifs is 1. The van der Waals surface area contributed by atoms with E-state index >= 15 is 0 Å². The minimum absolute atomic E-state index is 0.259. The van der Waals surface area contributed by atoms with E-state index in [1.807, 2.05) is 18.2 Å². The van der Waals surface area contributed by atoms with E-state index in [4.69, 9.17) is 4.74 Å². The molecule has 0 saturated carbocycles. The van der Waals surface area contributed by atoms with Gasteiger partial charge in [0.05, 0.1) is 17.3 Å². The Morgan fingerprint density at radius 2 is 2.12 bits per heavy atom. The fraction of sp³-hybridized carbons (Fsp3) is 0.462. The second-order valence-electron chi connectivity index (χ2n) is 5.27. The molecule has 1 N–H and O–H groups in total. The lowest BCUT2D eigenvalue weighted by molar-refractivity contribution is 0.415. The smallest absolute Gasteiger partial charge is 0.183 e. The van der Waals surface area contributed by atoms with Gasteiger partial charge in [-0.2, -0.15) is 0 Å². The maximum absolute atomic E-state index is 5.20. The van der Waals surface area contributed by atoms with Crippen molar-refractivity contribution in [3.63, 3.8) is 0 Å². The summed E-state index contributed by atoms with van der Waals surface area (Å²) in [6.07, 6.45) is 0. The quantitative estimate of drug-likeness (QED) is 0.900. The highest BCUT2D eigenvalue weighted by atomic mass is 32.1. The van der Waals surface area contributed by atoms with Crippen LogP contribution in [0.1, 0.15) is 20.8 Å². The van der Waals surface area contributed by atoms with E-state index in [0.29, 0.717) is 0 Å². The van der Waals surface area contributed by atoms with Crippen LogP contribution in [0.2, 0.25) is 0 Å². The predicted molar refractivity (Wildman–Crippen MR) is 74.1 cm³/mol. The zero-order chi connectivity index (χ0) is 12.5. The topological polar surface area (TPSA) is 34.1 Å². The first-order valence-corrected chi connectivity index (χ1v) is 6.48. The van der Waals surface area contributed by atoms with E-state index in [-0.39, 0.29) is 5.41 Å². The molecule has 2 aromatic rings. The summed E-state index contributed by atoms with van der Waals surface area (Å²) >= 11 is 1.67. The second kappa shape index (κ2) is 4.53. The van der Waals surface area contributed by atoms with Gasteiger partial charge in [-0.15, -0.1) is 0 Å². The van der Waals surface area contributed by atoms with Crippen LogP contribution in [0.15, 0.2) is 18.2 Å². The number of thiazole rings is 1. The van der Waals surface area contributed by atoms with Crippen molar-refractivity contribution in [3.05, 3.63) is 18.2 Å². The Labute approximate surface area is 106 Å². The van der Waals surface area contributed by atoms with Crippen molar-refractivity contribution in [2.24, 2.45) is 5.41 Å². The van der Waals surface area contributed by atoms with E-state index in [1.54, 1.807) is 18.4 Å². The monoisotopic (exact) mass is 250 g/mol. The summed E-state index contributed by atoms with van der Waals surface area (Å²) in [7, 11) is 1.68. The Bertz CT molecular complexity index is 514. The normalized spacial score (nSPS) is 11.8. The molecule has 1 aromatic heterocycles. The summed E-state index contributed by atoms with van der Waals surface area (Å²) in [5, 5.41) is 4.35. The Morgan fingerprint density at radius 3 is 2.76 bits per heavy atom. The highest BCUT2D eigenvalue weighted by Gasteiger charge is 2.11. The molecular weight excluding hydrogens is 232 g/mol. The van der Waals surface area contributed by atoms with Crippen LogP contribution in [-0.4, -0.2) is 18.6 Å².